The predicted molar refractivity (Wildman–Crippen MR) is 61.1 cm³/mol. The van der Waals surface area contributed by atoms with Gasteiger partial charge in [-0.1, -0.05) is 0 Å². The quantitative estimate of drug-likeness (QED) is 0.700. The molecule has 1 aromatic heterocycles. The summed E-state index contributed by atoms with van der Waals surface area (Å²) >= 11 is 0. The number of hydrogen-bond donors (Lipinski definition) is 0. The molecule has 0 bridgehead atoms. The molecule has 17 heavy (non-hydrogen) atoms. The number of aromatic nitrogens is 2. The molecule has 0 N–H and O–H groups in total. The third kappa shape index (κ3) is 2.61. The zero-order valence-corrected chi connectivity index (χ0v) is 10.0. The molecule has 5 nitrogen and oxygen atoms in total. The van der Waals surface area contributed by atoms with Crippen molar-refractivity contribution in [2.45, 2.75) is 25.9 Å². The highest BCUT2D eigenvalue weighted by Gasteiger charge is 2.38. The number of ether oxygens (including phenoxy) is 2. The smallest absolute Gasteiger partial charge is 0.243 e. The largest absolute Gasteiger partial charge is 0.479 e. The zero-order valence-electron chi connectivity index (χ0n) is 10.0. The molecule has 0 aromatic carbocycles. The van der Waals surface area contributed by atoms with Crippen LogP contribution < -0.4 is 4.74 Å². The van der Waals surface area contributed by atoms with Gasteiger partial charge < -0.3 is 9.47 Å². The summed E-state index contributed by atoms with van der Waals surface area (Å²) < 4.78 is 10.6. The van der Waals surface area contributed by atoms with Crippen molar-refractivity contribution in [3.8, 4) is 5.88 Å². The standard InChI is InChI=1S/C12H16N2O3/c1-3-17-11(8-4-5-8)10(15)9-12(16-2)14-7-6-13-9/h6-8,11H,3-5H2,1-2H3. The van der Waals surface area contributed by atoms with E-state index in [1.54, 1.807) is 0 Å². The van der Waals surface area contributed by atoms with Crippen LogP contribution in [0.3, 0.4) is 0 Å². The summed E-state index contributed by atoms with van der Waals surface area (Å²) in [5, 5.41) is 0. The molecule has 1 aliphatic rings. The van der Waals surface area contributed by atoms with Crippen molar-refractivity contribution >= 4 is 5.78 Å². The van der Waals surface area contributed by atoms with Crippen LogP contribution in [-0.2, 0) is 4.74 Å². The number of nitrogens with zero attached hydrogens (tertiary/aromatic N) is 2. The first-order valence-electron chi connectivity index (χ1n) is 5.78. The van der Waals surface area contributed by atoms with Crippen molar-refractivity contribution in [3.05, 3.63) is 18.1 Å². The van der Waals surface area contributed by atoms with Gasteiger partial charge in [-0.15, -0.1) is 0 Å². The molecule has 5 heteroatoms. The Hall–Kier alpha value is -1.49. The zero-order chi connectivity index (χ0) is 12.3. The van der Waals surface area contributed by atoms with Gasteiger partial charge in [0.1, 0.15) is 6.10 Å². The molecule has 1 saturated carbocycles. The van der Waals surface area contributed by atoms with Crippen LogP contribution in [0.5, 0.6) is 5.88 Å². The van der Waals surface area contributed by atoms with Crippen LogP contribution in [0, 0.1) is 5.92 Å². The van der Waals surface area contributed by atoms with Gasteiger partial charge in [-0.2, -0.15) is 0 Å². The van der Waals surface area contributed by atoms with E-state index in [4.69, 9.17) is 9.47 Å². The molecule has 0 saturated heterocycles. The Balaban J connectivity index is 2.21. The minimum Gasteiger partial charge on any atom is -0.479 e. The van der Waals surface area contributed by atoms with Gasteiger partial charge in [0.15, 0.2) is 5.69 Å². The van der Waals surface area contributed by atoms with Crippen LogP contribution in [0.15, 0.2) is 12.4 Å². The van der Waals surface area contributed by atoms with Gasteiger partial charge in [-0.3, -0.25) is 4.79 Å². The average molecular weight is 236 g/mol. The molecule has 1 atom stereocenters. The Bertz CT molecular complexity index is 404. The van der Waals surface area contributed by atoms with E-state index in [-0.39, 0.29) is 17.4 Å². The van der Waals surface area contributed by atoms with E-state index in [1.807, 2.05) is 6.92 Å². The third-order valence-corrected chi connectivity index (χ3v) is 2.75. The molecule has 1 fully saturated rings. The van der Waals surface area contributed by atoms with Crippen LogP contribution in [0.25, 0.3) is 0 Å². The van der Waals surface area contributed by atoms with E-state index in [2.05, 4.69) is 9.97 Å². The van der Waals surface area contributed by atoms with E-state index in [0.717, 1.165) is 12.8 Å². The summed E-state index contributed by atoms with van der Waals surface area (Å²) in [5.41, 5.74) is 0.264. The molecule has 1 unspecified atom stereocenters. The number of carbonyl (C=O) groups excluding carboxylic acids is 1. The molecular formula is C12H16N2O3. The van der Waals surface area contributed by atoms with E-state index in [0.29, 0.717) is 12.5 Å². The first kappa shape index (κ1) is 12.0. The molecule has 0 spiro atoms. The lowest BCUT2D eigenvalue weighted by molar-refractivity contribution is 0.0367. The molecule has 1 heterocycles. The number of carbonyl (C=O) groups is 1. The summed E-state index contributed by atoms with van der Waals surface area (Å²) in [6, 6.07) is 0. The molecule has 92 valence electrons. The van der Waals surface area contributed by atoms with Crippen molar-refractivity contribution in [3.63, 3.8) is 0 Å². The maximum atomic E-state index is 12.3. The third-order valence-electron chi connectivity index (χ3n) is 2.75. The second-order valence-electron chi connectivity index (χ2n) is 3.99. The van der Waals surface area contributed by atoms with Crippen molar-refractivity contribution in [2.75, 3.05) is 13.7 Å². The summed E-state index contributed by atoms with van der Waals surface area (Å²) in [7, 11) is 1.48. The normalized spacial score (nSPS) is 16.6. The van der Waals surface area contributed by atoms with Crippen LogP contribution in [-0.4, -0.2) is 35.6 Å². The van der Waals surface area contributed by atoms with E-state index >= 15 is 0 Å². The van der Waals surface area contributed by atoms with Crippen LogP contribution in [0.4, 0.5) is 0 Å². The van der Waals surface area contributed by atoms with Gasteiger partial charge in [0.2, 0.25) is 11.7 Å². The lowest BCUT2D eigenvalue weighted by Gasteiger charge is -2.15. The first-order chi connectivity index (χ1) is 8.27. The Kier molecular flexibility index (Phi) is 3.68. The first-order valence-corrected chi connectivity index (χ1v) is 5.78. The Morgan fingerprint density at radius 3 is 2.76 bits per heavy atom. The highest BCUT2D eigenvalue weighted by Crippen LogP contribution is 2.36. The summed E-state index contributed by atoms with van der Waals surface area (Å²) in [6.07, 6.45) is 4.68. The highest BCUT2D eigenvalue weighted by atomic mass is 16.5. The monoisotopic (exact) mass is 236 g/mol. The summed E-state index contributed by atoms with van der Waals surface area (Å²) in [5.74, 6) is 0.469. The molecule has 1 aliphatic carbocycles. The SMILES string of the molecule is CCOC(C(=O)c1nccnc1OC)C1CC1. The Morgan fingerprint density at radius 1 is 1.47 bits per heavy atom. The van der Waals surface area contributed by atoms with Crippen LogP contribution >= 0.6 is 0 Å². The van der Waals surface area contributed by atoms with Gasteiger partial charge in [0.05, 0.1) is 7.11 Å². The highest BCUT2D eigenvalue weighted by molar-refractivity contribution is 6.00. The molecule has 0 radical (unpaired) electrons. The molecule has 0 aliphatic heterocycles. The lowest BCUT2D eigenvalue weighted by atomic mass is 10.1. The topological polar surface area (TPSA) is 61.3 Å². The van der Waals surface area contributed by atoms with Gasteiger partial charge in [0, 0.05) is 19.0 Å². The molecule has 2 rings (SSSR count). The lowest BCUT2D eigenvalue weighted by Crippen LogP contribution is -2.28. The van der Waals surface area contributed by atoms with Crippen molar-refractivity contribution in [2.24, 2.45) is 5.92 Å². The number of ketones is 1. The number of methoxy groups -OCH3 is 1. The van der Waals surface area contributed by atoms with Crippen LogP contribution in [0.1, 0.15) is 30.3 Å². The van der Waals surface area contributed by atoms with Gasteiger partial charge in [-0.05, 0) is 25.7 Å². The van der Waals surface area contributed by atoms with Crippen molar-refractivity contribution < 1.29 is 14.3 Å². The van der Waals surface area contributed by atoms with E-state index in [9.17, 15) is 4.79 Å². The van der Waals surface area contributed by atoms with Crippen molar-refractivity contribution in [1.29, 1.82) is 0 Å². The molecular weight excluding hydrogens is 220 g/mol. The van der Waals surface area contributed by atoms with Gasteiger partial charge in [-0.25, -0.2) is 9.97 Å². The fourth-order valence-corrected chi connectivity index (χ4v) is 1.78. The predicted octanol–water partition coefficient (Wildman–Crippen LogP) is 1.48. The maximum absolute atomic E-state index is 12.3. The number of rotatable bonds is 6. The number of Topliss-reactive ketones (excluding diaryl/α,β-unsaturated/α-hetero) is 1. The minimum absolute atomic E-state index is 0.126. The average Bonchev–Trinajstić information content (AvgIpc) is 3.19. The van der Waals surface area contributed by atoms with Gasteiger partial charge >= 0.3 is 0 Å². The number of hydrogen-bond acceptors (Lipinski definition) is 5. The van der Waals surface area contributed by atoms with E-state index in [1.165, 1.54) is 19.5 Å². The van der Waals surface area contributed by atoms with Gasteiger partial charge in [0.25, 0.3) is 0 Å². The second-order valence-corrected chi connectivity index (χ2v) is 3.99. The second kappa shape index (κ2) is 5.23. The summed E-state index contributed by atoms with van der Waals surface area (Å²) in [4.78, 5) is 20.3. The van der Waals surface area contributed by atoms with Crippen molar-refractivity contribution in [1.82, 2.24) is 9.97 Å². The summed E-state index contributed by atoms with van der Waals surface area (Å²) in [6.45, 7) is 2.41. The molecule has 1 aromatic rings. The fourth-order valence-electron chi connectivity index (χ4n) is 1.78. The fraction of sp³-hybridized carbons (Fsp3) is 0.583. The maximum Gasteiger partial charge on any atom is 0.243 e. The van der Waals surface area contributed by atoms with E-state index < -0.39 is 6.10 Å². The minimum atomic E-state index is -0.398. The Labute approximate surface area is 100 Å². The van der Waals surface area contributed by atoms with Crippen LogP contribution in [0.2, 0.25) is 0 Å². The molecule has 0 amide bonds. The Morgan fingerprint density at radius 2 is 2.18 bits per heavy atom.